The molecule has 20 heavy (non-hydrogen) atoms. The van der Waals surface area contributed by atoms with Gasteiger partial charge in [-0.2, -0.15) is 0 Å². The van der Waals surface area contributed by atoms with Crippen LogP contribution in [0.5, 0.6) is 0 Å². The fraction of sp³-hybridized carbons (Fsp3) is 0.714. The Kier molecular flexibility index (Phi) is 3.64. The zero-order chi connectivity index (χ0) is 14.3. The van der Waals surface area contributed by atoms with Gasteiger partial charge < -0.3 is 4.42 Å². The van der Waals surface area contributed by atoms with Gasteiger partial charge >= 0.3 is 0 Å². The highest BCUT2D eigenvalue weighted by Gasteiger charge is 2.41. The maximum atomic E-state index is 11.7. The van der Waals surface area contributed by atoms with Crippen LogP contribution in [0.25, 0.3) is 0 Å². The van der Waals surface area contributed by atoms with Gasteiger partial charge in [-0.15, -0.1) is 0 Å². The zero-order valence-electron chi connectivity index (χ0n) is 12.1. The largest absolute Gasteiger partial charge is 0.465 e. The molecule has 2 saturated heterocycles. The minimum atomic E-state index is -3.07. The van der Waals surface area contributed by atoms with Gasteiger partial charge in [-0.05, 0) is 44.4 Å². The molecule has 2 atom stereocenters. The van der Waals surface area contributed by atoms with Crippen molar-refractivity contribution in [2.75, 3.05) is 25.9 Å². The van der Waals surface area contributed by atoms with Crippen LogP contribution in [0.15, 0.2) is 16.5 Å². The third-order valence-electron chi connectivity index (χ3n) is 4.49. The quantitative estimate of drug-likeness (QED) is 0.847. The highest BCUT2D eigenvalue weighted by Crippen LogP contribution is 2.32. The molecule has 0 bridgehead atoms. The molecule has 0 unspecified atom stereocenters. The summed E-state index contributed by atoms with van der Waals surface area (Å²) in [6, 6.07) is 4.33. The molecule has 0 N–H and O–H groups in total. The predicted molar refractivity (Wildman–Crippen MR) is 76.8 cm³/mol. The number of hydrogen-bond acceptors (Lipinski definition) is 4. The van der Waals surface area contributed by atoms with E-state index < -0.39 is 10.0 Å². The van der Waals surface area contributed by atoms with Crippen LogP contribution in [0.4, 0.5) is 0 Å². The van der Waals surface area contributed by atoms with Gasteiger partial charge in [0.25, 0.3) is 0 Å². The summed E-state index contributed by atoms with van der Waals surface area (Å²) >= 11 is 0. The molecule has 0 saturated carbocycles. The van der Waals surface area contributed by atoms with Crippen molar-refractivity contribution in [2.45, 2.75) is 32.4 Å². The Hall–Kier alpha value is -0.850. The van der Waals surface area contributed by atoms with Crippen LogP contribution in [0.2, 0.25) is 0 Å². The molecule has 2 aliphatic heterocycles. The number of piperidine rings is 1. The Morgan fingerprint density at radius 1 is 1.35 bits per heavy atom. The summed E-state index contributed by atoms with van der Waals surface area (Å²) in [5.74, 6) is 2.37. The lowest BCUT2D eigenvalue weighted by molar-refractivity contribution is 0.108. The monoisotopic (exact) mass is 298 g/mol. The minimum Gasteiger partial charge on any atom is -0.465 e. The van der Waals surface area contributed by atoms with Gasteiger partial charge in [0.15, 0.2) is 0 Å². The van der Waals surface area contributed by atoms with Crippen molar-refractivity contribution in [3.63, 3.8) is 0 Å². The van der Waals surface area contributed by atoms with Gasteiger partial charge in [0.05, 0.1) is 12.8 Å². The molecule has 3 rings (SSSR count). The van der Waals surface area contributed by atoms with Crippen molar-refractivity contribution in [2.24, 2.45) is 5.92 Å². The minimum absolute atomic E-state index is 0.337. The lowest BCUT2D eigenvalue weighted by atomic mass is 9.92. The normalized spacial score (nSPS) is 28.7. The molecule has 1 aromatic heterocycles. The average Bonchev–Trinajstić information content (AvgIpc) is 2.95. The van der Waals surface area contributed by atoms with Gasteiger partial charge in [0.1, 0.15) is 11.5 Å². The standard InChI is InChI=1S/C14H22N2O3S/c1-11-5-6-13(19-11)9-15-7-3-4-12-8-16(10-14(12)15)20(2,17)18/h5-6,12,14H,3-4,7-10H2,1-2H3/t12-,14+/m1/s1. The number of hydrogen-bond donors (Lipinski definition) is 0. The molecule has 3 heterocycles. The van der Waals surface area contributed by atoms with Crippen molar-refractivity contribution in [3.8, 4) is 0 Å². The summed E-state index contributed by atoms with van der Waals surface area (Å²) in [6.45, 7) is 5.06. The van der Waals surface area contributed by atoms with E-state index in [9.17, 15) is 8.42 Å². The fourth-order valence-corrected chi connectivity index (χ4v) is 4.36. The summed E-state index contributed by atoms with van der Waals surface area (Å²) in [5, 5.41) is 0. The van der Waals surface area contributed by atoms with Gasteiger partial charge in [0, 0.05) is 19.1 Å². The number of fused-ring (bicyclic) bond motifs is 1. The molecule has 2 fully saturated rings. The first-order valence-corrected chi connectivity index (χ1v) is 9.03. The third kappa shape index (κ3) is 2.77. The molecule has 0 aromatic carbocycles. The first-order chi connectivity index (χ1) is 9.43. The molecule has 2 aliphatic rings. The van der Waals surface area contributed by atoms with Crippen molar-refractivity contribution in [1.29, 1.82) is 0 Å². The number of rotatable bonds is 3. The van der Waals surface area contributed by atoms with E-state index in [0.717, 1.165) is 37.5 Å². The summed E-state index contributed by atoms with van der Waals surface area (Å²) in [4.78, 5) is 2.39. The first kappa shape index (κ1) is 14.1. The van der Waals surface area contributed by atoms with Crippen molar-refractivity contribution >= 4 is 10.0 Å². The second kappa shape index (κ2) is 5.16. The van der Waals surface area contributed by atoms with Crippen molar-refractivity contribution in [1.82, 2.24) is 9.21 Å². The highest BCUT2D eigenvalue weighted by molar-refractivity contribution is 7.88. The average molecular weight is 298 g/mol. The van der Waals surface area contributed by atoms with Crippen LogP contribution >= 0.6 is 0 Å². The van der Waals surface area contributed by atoms with E-state index >= 15 is 0 Å². The van der Waals surface area contributed by atoms with Crippen LogP contribution < -0.4 is 0 Å². The molecule has 0 radical (unpaired) electrons. The molecular weight excluding hydrogens is 276 g/mol. The van der Waals surface area contributed by atoms with Crippen LogP contribution in [0, 0.1) is 12.8 Å². The second-order valence-corrected chi connectivity index (χ2v) is 8.01. The smallest absolute Gasteiger partial charge is 0.211 e. The van der Waals surface area contributed by atoms with E-state index in [-0.39, 0.29) is 0 Å². The van der Waals surface area contributed by atoms with E-state index in [2.05, 4.69) is 4.90 Å². The Balaban J connectivity index is 1.73. The predicted octanol–water partition coefficient (Wildman–Crippen LogP) is 1.44. The summed E-state index contributed by atoms with van der Waals surface area (Å²) < 4.78 is 30.8. The van der Waals surface area contributed by atoms with Crippen LogP contribution in [0.1, 0.15) is 24.4 Å². The Morgan fingerprint density at radius 2 is 2.15 bits per heavy atom. The molecule has 112 valence electrons. The lowest BCUT2D eigenvalue weighted by Crippen LogP contribution is -2.44. The van der Waals surface area contributed by atoms with Gasteiger partial charge in [-0.3, -0.25) is 4.90 Å². The van der Waals surface area contributed by atoms with E-state index in [1.165, 1.54) is 6.26 Å². The van der Waals surface area contributed by atoms with Crippen molar-refractivity contribution in [3.05, 3.63) is 23.7 Å². The molecule has 0 aliphatic carbocycles. The molecular formula is C14H22N2O3S. The number of nitrogens with zero attached hydrogens (tertiary/aromatic N) is 2. The Bertz CT molecular complexity index is 581. The van der Waals surface area contributed by atoms with Crippen molar-refractivity contribution < 1.29 is 12.8 Å². The number of likely N-dealkylation sites (tertiary alicyclic amines) is 1. The van der Waals surface area contributed by atoms with E-state index in [1.807, 2.05) is 19.1 Å². The maximum absolute atomic E-state index is 11.7. The SMILES string of the molecule is Cc1ccc(CN2CCC[C@@H]3CN(S(C)(=O)=O)C[C@@H]32)o1. The van der Waals surface area contributed by atoms with Crippen LogP contribution in [0.3, 0.4) is 0 Å². The fourth-order valence-electron chi connectivity index (χ4n) is 3.47. The topological polar surface area (TPSA) is 53.8 Å². The number of aryl methyl sites for hydroxylation is 1. The van der Waals surface area contributed by atoms with E-state index in [0.29, 0.717) is 25.0 Å². The maximum Gasteiger partial charge on any atom is 0.211 e. The molecule has 6 heteroatoms. The highest BCUT2D eigenvalue weighted by atomic mass is 32.2. The van der Waals surface area contributed by atoms with Gasteiger partial charge in [-0.25, -0.2) is 12.7 Å². The molecule has 1 aromatic rings. The Morgan fingerprint density at radius 3 is 2.80 bits per heavy atom. The van der Waals surface area contributed by atoms with E-state index in [1.54, 1.807) is 4.31 Å². The van der Waals surface area contributed by atoms with Crippen LogP contribution in [-0.4, -0.2) is 49.6 Å². The molecule has 0 amide bonds. The summed E-state index contributed by atoms with van der Waals surface area (Å²) in [5.41, 5.74) is 0. The Labute approximate surface area is 120 Å². The number of furan rings is 1. The summed E-state index contributed by atoms with van der Waals surface area (Å²) in [7, 11) is -3.07. The third-order valence-corrected chi connectivity index (χ3v) is 5.72. The molecule has 5 nitrogen and oxygen atoms in total. The van der Waals surface area contributed by atoms with Gasteiger partial charge in [-0.1, -0.05) is 0 Å². The van der Waals surface area contributed by atoms with Gasteiger partial charge in [0.2, 0.25) is 10.0 Å². The lowest BCUT2D eigenvalue weighted by Gasteiger charge is -2.36. The number of sulfonamides is 1. The molecule has 0 spiro atoms. The van der Waals surface area contributed by atoms with Crippen LogP contribution in [-0.2, 0) is 16.6 Å². The second-order valence-electron chi connectivity index (χ2n) is 6.03. The zero-order valence-corrected chi connectivity index (χ0v) is 12.9. The summed E-state index contributed by atoms with van der Waals surface area (Å²) in [6.07, 6.45) is 3.58. The first-order valence-electron chi connectivity index (χ1n) is 7.18. The van der Waals surface area contributed by atoms with E-state index in [4.69, 9.17) is 4.42 Å².